The molecule has 116 valence electrons. The van der Waals surface area contributed by atoms with E-state index >= 15 is 0 Å². The summed E-state index contributed by atoms with van der Waals surface area (Å²) in [5.41, 5.74) is 0.0394. The SMILES string of the molecule is CS(=O)(=O)N1CCC[C@@]12CCCN(C(=O)c1ccn[nH]1)C2. The molecule has 1 amide bonds. The summed E-state index contributed by atoms with van der Waals surface area (Å²) in [6, 6.07) is 1.65. The lowest BCUT2D eigenvalue weighted by Gasteiger charge is -2.44. The van der Waals surface area contributed by atoms with Crippen LogP contribution < -0.4 is 0 Å². The Balaban J connectivity index is 1.84. The monoisotopic (exact) mass is 312 g/mol. The van der Waals surface area contributed by atoms with Crippen LogP contribution in [0.5, 0.6) is 0 Å². The smallest absolute Gasteiger partial charge is 0.271 e. The summed E-state index contributed by atoms with van der Waals surface area (Å²) in [6.45, 7) is 1.69. The molecule has 8 heteroatoms. The molecule has 2 aliphatic heterocycles. The van der Waals surface area contributed by atoms with Gasteiger partial charge in [0.25, 0.3) is 5.91 Å². The van der Waals surface area contributed by atoms with Gasteiger partial charge in [-0.15, -0.1) is 0 Å². The first-order chi connectivity index (χ1) is 9.92. The number of hydrogen-bond acceptors (Lipinski definition) is 4. The van der Waals surface area contributed by atoms with Crippen LogP contribution in [0.4, 0.5) is 0 Å². The number of hydrogen-bond donors (Lipinski definition) is 1. The van der Waals surface area contributed by atoms with E-state index in [9.17, 15) is 13.2 Å². The van der Waals surface area contributed by atoms with E-state index in [1.54, 1.807) is 21.5 Å². The zero-order valence-electron chi connectivity index (χ0n) is 12.1. The van der Waals surface area contributed by atoms with Gasteiger partial charge in [-0.3, -0.25) is 9.89 Å². The second-order valence-electron chi connectivity index (χ2n) is 5.96. The summed E-state index contributed by atoms with van der Waals surface area (Å²) in [7, 11) is -3.24. The first-order valence-corrected chi connectivity index (χ1v) is 9.04. The molecule has 0 aliphatic carbocycles. The summed E-state index contributed by atoms with van der Waals surface area (Å²) in [5.74, 6) is -0.105. The average molecular weight is 312 g/mol. The van der Waals surface area contributed by atoms with E-state index in [1.807, 2.05) is 0 Å². The van der Waals surface area contributed by atoms with Gasteiger partial charge in [-0.1, -0.05) is 0 Å². The topological polar surface area (TPSA) is 86.4 Å². The minimum absolute atomic E-state index is 0.105. The van der Waals surface area contributed by atoms with Crippen LogP contribution in [0.15, 0.2) is 12.3 Å². The molecule has 0 saturated carbocycles. The molecule has 1 atom stereocenters. The number of sulfonamides is 1. The molecule has 21 heavy (non-hydrogen) atoms. The molecule has 7 nitrogen and oxygen atoms in total. The molecule has 0 radical (unpaired) electrons. The molecule has 1 aromatic rings. The predicted octanol–water partition coefficient (Wildman–Crippen LogP) is 0.440. The Morgan fingerprint density at radius 2 is 2.05 bits per heavy atom. The van der Waals surface area contributed by atoms with Crippen molar-refractivity contribution >= 4 is 15.9 Å². The molecule has 0 aromatic carbocycles. The van der Waals surface area contributed by atoms with Gasteiger partial charge in [0.2, 0.25) is 10.0 Å². The van der Waals surface area contributed by atoms with Crippen molar-refractivity contribution in [1.29, 1.82) is 0 Å². The summed E-state index contributed by atoms with van der Waals surface area (Å²) >= 11 is 0. The molecule has 1 N–H and O–H groups in total. The number of rotatable bonds is 2. The van der Waals surface area contributed by atoms with E-state index in [2.05, 4.69) is 10.2 Å². The Morgan fingerprint density at radius 1 is 1.33 bits per heavy atom. The Labute approximate surface area is 124 Å². The molecule has 0 unspecified atom stereocenters. The number of piperidine rings is 1. The Morgan fingerprint density at radius 3 is 2.67 bits per heavy atom. The van der Waals surface area contributed by atoms with Crippen molar-refractivity contribution in [3.63, 3.8) is 0 Å². The maximum absolute atomic E-state index is 12.4. The minimum Gasteiger partial charge on any atom is -0.335 e. The van der Waals surface area contributed by atoms with Gasteiger partial charge < -0.3 is 4.90 Å². The van der Waals surface area contributed by atoms with Gasteiger partial charge in [0.1, 0.15) is 5.69 Å². The van der Waals surface area contributed by atoms with Crippen LogP contribution in [0.25, 0.3) is 0 Å². The largest absolute Gasteiger partial charge is 0.335 e. The zero-order valence-corrected chi connectivity index (χ0v) is 12.9. The fourth-order valence-electron chi connectivity index (χ4n) is 3.67. The number of likely N-dealkylation sites (tertiary alicyclic amines) is 1. The molecule has 3 rings (SSSR count). The lowest BCUT2D eigenvalue weighted by molar-refractivity contribution is 0.0519. The lowest BCUT2D eigenvalue weighted by atomic mass is 9.87. The Kier molecular flexibility index (Phi) is 3.53. The van der Waals surface area contributed by atoms with E-state index in [1.165, 1.54) is 6.26 Å². The first-order valence-electron chi connectivity index (χ1n) is 7.19. The van der Waals surface area contributed by atoms with E-state index in [-0.39, 0.29) is 5.91 Å². The highest BCUT2D eigenvalue weighted by atomic mass is 32.2. The number of amides is 1. The van der Waals surface area contributed by atoms with Gasteiger partial charge in [0.05, 0.1) is 11.8 Å². The van der Waals surface area contributed by atoms with Crippen molar-refractivity contribution in [3.8, 4) is 0 Å². The molecule has 3 heterocycles. The quantitative estimate of drug-likeness (QED) is 0.858. The second-order valence-corrected chi connectivity index (χ2v) is 7.87. The van der Waals surface area contributed by atoms with E-state index in [0.29, 0.717) is 25.3 Å². The van der Waals surface area contributed by atoms with Gasteiger partial charge in [-0.25, -0.2) is 8.42 Å². The average Bonchev–Trinajstić information content (AvgIpc) is 3.07. The normalized spacial score (nSPS) is 27.4. The molecule has 1 spiro atoms. The van der Waals surface area contributed by atoms with Gasteiger partial charge in [0.15, 0.2) is 0 Å². The van der Waals surface area contributed by atoms with Crippen LogP contribution in [0.1, 0.15) is 36.2 Å². The number of carbonyl (C=O) groups is 1. The van der Waals surface area contributed by atoms with Crippen molar-refractivity contribution in [3.05, 3.63) is 18.0 Å². The van der Waals surface area contributed by atoms with Crippen molar-refractivity contribution in [1.82, 2.24) is 19.4 Å². The highest BCUT2D eigenvalue weighted by Crippen LogP contribution is 2.39. The van der Waals surface area contributed by atoms with Gasteiger partial charge >= 0.3 is 0 Å². The maximum Gasteiger partial charge on any atom is 0.271 e. The third-order valence-electron chi connectivity index (χ3n) is 4.51. The molecular formula is C13H20N4O3S. The number of H-pyrrole nitrogens is 1. The van der Waals surface area contributed by atoms with Crippen LogP contribution in [0.2, 0.25) is 0 Å². The van der Waals surface area contributed by atoms with E-state index in [4.69, 9.17) is 0 Å². The summed E-state index contributed by atoms with van der Waals surface area (Å²) in [5, 5.41) is 6.48. The second kappa shape index (κ2) is 5.10. The maximum atomic E-state index is 12.4. The molecule has 2 saturated heterocycles. The third kappa shape index (κ3) is 2.57. The molecule has 0 bridgehead atoms. The highest BCUT2D eigenvalue weighted by molar-refractivity contribution is 7.88. The minimum atomic E-state index is -3.24. The van der Waals surface area contributed by atoms with Crippen molar-refractivity contribution in [2.75, 3.05) is 25.9 Å². The van der Waals surface area contributed by atoms with Crippen LogP contribution in [-0.2, 0) is 10.0 Å². The van der Waals surface area contributed by atoms with Crippen molar-refractivity contribution < 1.29 is 13.2 Å². The fourth-order valence-corrected chi connectivity index (χ4v) is 5.07. The van der Waals surface area contributed by atoms with Gasteiger partial charge in [0, 0.05) is 25.8 Å². The van der Waals surface area contributed by atoms with Crippen LogP contribution >= 0.6 is 0 Å². The summed E-state index contributed by atoms with van der Waals surface area (Å²) in [4.78, 5) is 14.2. The van der Waals surface area contributed by atoms with E-state index in [0.717, 1.165) is 25.7 Å². The molecule has 2 fully saturated rings. The lowest BCUT2D eigenvalue weighted by Crippen LogP contribution is -2.58. The number of carbonyl (C=O) groups excluding carboxylic acids is 1. The van der Waals surface area contributed by atoms with Gasteiger partial charge in [-0.05, 0) is 31.7 Å². The fraction of sp³-hybridized carbons (Fsp3) is 0.692. The standard InChI is InChI=1S/C13H20N4O3S/c1-21(19,20)17-9-3-6-13(17)5-2-8-16(10-13)12(18)11-4-7-14-15-11/h4,7H,2-3,5-6,8-10H2,1H3,(H,14,15)/t13-/m1/s1. The summed E-state index contributed by atoms with van der Waals surface area (Å²) < 4.78 is 25.6. The summed E-state index contributed by atoms with van der Waals surface area (Å²) in [6.07, 6.45) is 6.14. The number of aromatic nitrogens is 2. The van der Waals surface area contributed by atoms with Crippen molar-refractivity contribution in [2.45, 2.75) is 31.2 Å². The Bertz CT molecular complexity index is 628. The van der Waals surface area contributed by atoms with Crippen LogP contribution in [-0.4, -0.2) is 65.2 Å². The number of nitrogens with one attached hydrogen (secondary N) is 1. The number of aromatic amines is 1. The highest BCUT2D eigenvalue weighted by Gasteiger charge is 2.48. The van der Waals surface area contributed by atoms with Crippen LogP contribution in [0.3, 0.4) is 0 Å². The first kappa shape index (κ1) is 14.5. The third-order valence-corrected chi connectivity index (χ3v) is 5.88. The van der Waals surface area contributed by atoms with E-state index < -0.39 is 15.6 Å². The predicted molar refractivity (Wildman–Crippen MR) is 77.2 cm³/mol. The Hall–Kier alpha value is -1.41. The zero-order chi connectivity index (χ0) is 15.1. The molecule has 1 aromatic heterocycles. The molecule has 2 aliphatic rings. The molecular weight excluding hydrogens is 292 g/mol. The number of nitrogens with zero attached hydrogens (tertiary/aromatic N) is 3. The van der Waals surface area contributed by atoms with Crippen molar-refractivity contribution in [2.24, 2.45) is 0 Å². The van der Waals surface area contributed by atoms with Gasteiger partial charge in [-0.2, -0.15) is 9.40 Å². The van der Waals surface area contributed by atoms with Crippen LogP contribution in [0, 0.1) is 0 Å².